The van der Waals surface area contributed by atoms with Crippen molar-refractivity contribution < 1.29 is 32.2 Å². The number of benzene rings is 1. The summed E-state index contributed by atoms with van der Waals surface area (Å²) in [6.45, 7) is -0.292. The fourth-order valence-corrected chi connectivity index (χ4v) is 4.63. The summed E-state index contributed by atoms with van der Waals surface area (Å²) in [4.78, 5) is 40.6. The van der Waals surface area contributed by atoms with Crippen LogP contribution in [0.2, 0.25) is 0 Å². The van der Waals surface area contributed by atoms with Crippen LogP contribution >= 0.6 is 0 Å². The highest BCUT2D eigenvalue weighted by Gasteiger charge is 2.43. The molecule has 9 nitrogen and oxygen atoms in total. The van der Waals surface area contributed by atoms with Crippen molar-refractivity contribution in [2.45, 2.75) is 44.0 Å². The van der Waals surface area contributed by atoms with Gasteiger partial charge in [-0.25, -0.2) is 19.7 Å². The Kier molecular flexibility index (Phi) is 6.10. The number of hydrogen-bond acceptors (Lipinski definition) is 7. The zero-order valence-corrected chi connectivity index (χ0v) is 19.2. The summed E-state index contributed by atoms with van der Waals surface area (Å²) in [6.07, 6.45) is 0.377. The number of rotatable bonds is 5. The Morgan fingerprint density at radius 2 is 1.81 bits per heavy atom. The predicted molar refractivity (Wildman–Crippen MR) is 122 cm³/mol. The number of anilines is 1. The van der Waals surface area contributed by atoms with Gasteiger partial charge in [0.25, 0.3) is 5.91 Å². The van der Waals surface area contributed by atoms with Gasteiger partial charge >= 0.3 is 12.2 Å². The van der Waals surface area contributed by atoms with Crippen molar-refractivity contribution in [3.05, 3.63) is 48.4 Å². The lowest BCUT2D eigenvalue weighted by atomic mass is 9.92. The molecule has 1 saturated heterocycles. The molecule has 1 aliphatic heterocycles. The van der Waals surface area contributed by atoms with E-state index < -0.39 is 23.7 Å². The van der Waals surface area contributed by atoms with E-state index in [2.05, 4.69) is 15.0 Å². The first-order chi connectivity index (χ1) is 17.2. The van der Waals surface area contributed by atoms with Crippen molar-refractivity contribution in [1.29, 1.82) is 0 Å². The standard InChI is InChI=1S/C24H22F3N5O4/c1-35-20-10-18-19(11-28-20)29-13-30-22(18)36-17-7-5-15(6-8-17)32-21(33)12-31(23(32)34)16-4-2-3-14(9-16)24(25,26)27/h2-4,9-11,13,15,17H,5-8,12H2,1H3/t15-,17-. The molecule has 0 bridgehead atoms. The van der Waals surface area contributed by atoms with Gasteiger partial charge in [-0.05, 0) is 43.9 Å². The lowest BCUT2D eigenvalue weighted by Gasteiger charge is -2.33. The first-order valence-electron chi connectivity index (χ1n) is 11.4. The van der Waals surface area contributed by atoms with Crippen LogP contribution in [0.1, 0.15) is 31.2 Å². The van der Waals surface area contributed by atoms with Gasteiger partial charge in [-0.1, -0.05) is 6.07 Å². The number of carbonyl (C=O) groups excluding carboxylic acids is 2. The third kappa shape index (κ3) is 4.50. The molecule has 0 atom stereocenters. The maximum Gasteiger partial charge on any atom is 0.416 e. The minimum Gasteiger partial charge on any atom is -0.481 e. The van der Waals surface area contributed by atoms with Crippen LogP contribution in [-0.2, 0) is 11.0 Å². The molecule has 3 aromatic rings. The van der Waals surface area contributed by atoms with Crippen molar-refractivity contribution >= 4 is 28.5 Å². The zero-order chi connectivity index (χ0) is 25.4. The van der Waals surface area contributed by atoms with Gasteiger partial charge in [0.2, 0.25) is 11.8 Å². The van der Waals surface area contributed by atoms with Crippen LogP contribution in [0.3, 0.4) is 0 Å². The Labute approximate surface area is 203 Å². The van der Waals surface area contributed by atoms with Gasteiger partial charge in [0.1, 0.15) is 19.0 Å². The number of nitrogens with zero attached hydrogens (tertiary/aromatic N) is 5. The molecule has 2 aromatic heterocycles. The summed E-state index contributed by atoms with van der Waals surface area (Å²) < 4.78 is 50.6. The van der Waals surface area contributed by atoms with E-state index in [1.54, 1.807) is 12.3 Å². The van der Waals surface area contributed by atoms with Gasteiger partial charge in [-0.3, -0.25) is 14.6 Å². The summed E-state index contributed by atoms with van der Waals surface area (Å²) in [7, 11) is 1.51. The van der Waals surface area contributed by atoms with Crippen LogP contribution in [0.4, 0.5) is 23.7 Å². The molecule has 3 amide bonds. The van der Waals surface area contributed by atoms with E-state index in [-0.39, 0.29) is 24.4 Å². The van der Waals surface area contributed by atoms with Gasteiger partial charge in [-0.2, -0.15) is 13.2 Å². The highest BCUT2D eigenvalue weighted by Crippen LogP contribution is 2.35. The molecule has 3 heterocycles. The Bertz CT molecular complexity index is 1310. The highest BCUT2D eigenvalue weighted by molar-refractivity contribution is 6.12. The van der Waals surface area contributed by atoms with Gasteiger partial charge < -0.3 is 9.47 Å². The number of hydrogen-bond donors (Lipinski definition) is 0. The number of methoxy groups -OCH3 is 1. The van der Waals surface area contributed by atoms with Crippen LogP contribution in [-0.4, -0.2) is 57.6 Å². The number of carbonyl (C=O) groups is 2. The van der Waals surface area contributed by atoms with Crippen molar-refractivity contribution in [2.24, 2.45) is 0 Å². The number of amides is 3. The number of ether oxygens (including phenoxy) is 2. The molecule has 0 unspecified atom stereocenters. The number of pyridine rings is 1. The fourth-order valence-electron chi connectivity index (χ4n) is 4.63. The first kappa shape index (κ1) is 23.8. The van der Waals surface area contributed by atoms with E-state index in [4.69, 9.17) is 9.47 Å². The minimum atomic E-state index is -4.54. The normalized spacial score (nSPS) is 20.8. The monoisotopic (exact) mass is 501 g/mol. The molecule has 2 aliphatic rings. The smallest absolute Gasteiger partial charge is 0.416 e. The largest absolute Gasteiger partial charge is 0.481 e. The molecule has 2 fully saturated rings. The zero-order valence-electron chi connectivity index (χ0n) is 19.2. The molecule has 36 heavy (non-hydrogen) atoms. The first-order valence-corrected chi connectivity index (χ1v) is 11.4. The second-order valence-electron chi connectivity index (χ2n) is 8.65. The molecule has 12 heteroatoms. The lowest BCUT2D eigenvalue weighted by Crippen LogP contribution is -2.44. The quantitative estimate of drug-likeness (QED) is 0.483. The number of urea groups is 1. The fraction of sp³-hybridized carbons (Fsp3) is 0.375. The molecular weight excluding hydrogens is 479 g/mol. The Hall–Kier alpha value is -3.96. The van der Waals surface area contributed by atoms with Gasteiger partial charge in [-0.15, -0.1) is 0 Å². The van der Waals surface area contributed by atoms with Crippen molar-refractivity contribution in [1.82, 2.24) is 19.9 Å². The second-order valence-corrected chi connectivity index (χ2v) is 8.65. The number of fused-ring (bicyclic) bond motifs is 1. The molecule has 0 N–H and O–H groups in total. The van der Waals surface area contributed by atoms with Gasteiger partial charge in [0, 0.05) is 17.8 Å². The summed E-state index contributed by atoms with van der Waals surface area (Å²) in [6, 6.07) is 5.17. The Morgan fingerprint density at radius 1 is 1.03 bits per heavy atom. The van der Waals surface area contributed by atoms with E-state index in [0.29, 0.717) is 48.3 Å². The molecule has 188 valence electrons. The van der Waals surface area contributed by atoms with E-state index in [1.807, 2.05) is 0 Å². The third-order valence-electron chi connectivity index (χ3n) is 6.44. The highest BCUT2D eigenvalue weighted by atomic mass is 19.4. The Balaban J connectivity index is 1.26. The molecule has 1 saturated carbocycles. The number of aromatic nitrogens is 3. The topological polar surface area (TPSA) is 97.8 Å². The average molecular weight is 501 g/mol. The maximum atomic E-state index is 13.1. The predicted octanol–water partition coefficient (Wildman–Crippen LogP) is 4.21. The third-order valence-corrected chi connectivity index (χ3v) is 6.44. The number of imide groups is 1. The second kappa shape index (κ2) is 9.25. The van der Waals surface area contributed by atoms with E-state index in [9.17, 15) is 22.8 Å². The molecule has 0 spiro atoms. The van der Waals surface area contributed by atoms with Gasteiger partial charge in [0.05, 0.1) is 29.8 Å². The minimum absolute atomic E-state index is 0.0447. The van der Waals surface area contributed by atoms with Crippen LogP contribution in [0.15, 0.2) is 42.9 Å². The van der Waals surface area contributed by atoms with Crippen LogP contribution < -0.4 is 14.4 Å². The van der Waals surface area contributed by atoms with Crippen molar-refractivity contribution in [3.8, 4) is 11.8 Å². The summed E-state index contributed by atoms with van der Waals surface area (Å²) >= 11 is 0. The molecule has 1 aliphatic carbocycles. The number of halogens is 3. The van der Waals surface area contributed by atoms with E-state index in [1.165, 1.54) is 30.5 Å². The van der Waals surface area contributed by atoms with Crippen LogP contribution in [0.5, 0.6) is 11.8 Å². The van der Waals surface area contributed by atoms with E-state index >= 15 is 0 Å². The van der Waals surface area contributed by atoms with Gasteiger partial charge in [0.15, 0.2) is 0 Å². The molecular formula is C24H22F3N5O4. The summed E-state index contributed by atoms with van der Waals surface area (Å²) in [5.41, 5.74) is -0.220. The van der Waals surface area contributed by atoms with E-state index in [0.717, 1.165) is 17.0 Å². The van der Waals surface area contributed by atoms with Crippen molar-refractivity contribution in [2.75, 3.05) is 18.6 Å². The summed E-state index contributed by atoms with van der Waals surface area (Å²) in [5, 5.41) is 0.660. The SMILES string of the molecule is COc1cc2c(O[C@H]3CC[C@H](N4C(=O)CN(c5cccc(C(F)(F)F)c5)C4=O)CC3)ncnc2cn1. The molecule has 0 radical (unpaired) electrons. The van der Waals surface area contributed by atoms with Crippen LogP contribution in [0.25, 0.3) is 10.9 Å². The van der Waals surface area contributed by atoms with Crippen molar-refractivity contribution in [3.63, 3.8) is 0 Å². The lowest BCUT2D eigenvalue weighted by molar-refractivity contribution is -0.137. The maximum absolute atomic E-state index is 13.1. The number of alkyl halides is 3. The van der Waals surface area contributed by atoms with Crippen LogP contribution in [0, 0.1) is 0 Å². The average Bonchev–Trinajstić information content (AvgIpc) is 3.17. The summed E-state index contributed by atoms with van der Waals surface area (Å²) in [5.74, 6) is 0.374. The molecule has 5 rings (SSSR count). The Morgan fingerprint density at radius 3 is 2.53 bits per heavy atom. The molecule has 1 aromatic carbocycles.